The molecule has 1 aromatic heterocycles. The van der Waals surface area contributed by atoms with Gasteiger partial charge >= 0.3 is 0 Å². The number of hydrogen-bond acceptors (Lipinski definition) is 6. The number of rotatable bonds is 7. The molecule has 0 bridgehead atoms. The van der Waals surface area contributed by atoms with E-state index < -0.39 is 5.92 Å². The number of carbonyl (C=O) groups is 2. The third kappa shape index (κ3) is 5.54. The van der Waals surface area contributed by atoms with Crippen LogP contribution in [0.2, 0.25) is 0 Å². The smallest absolute Gasteiger partial charge is 0.254 e. The molecular formula is C26H28N4O3S. The highest BCUT2D eigenvalue weighted by molar-refractivity contribution is 8.03. The molecule has 3 N–H and O–H groups in total. The SMILES string of the molecule is CC1=C(C(=O)Nc2ccccc2)C(c2ccco2)C(C#N)=C(SCC(=O)NC2CCCCC2)N1. The monoisotopic (exact) mass is 476 g/mol. The molecule has 4 rings (SSSR count). The number of para-hydroxylation sites is 1. The van der Waals surface area contributed by atoms with Gasteiger partial charge in [-0.3, -0.25) is 9.59 Å². The van der Waals surface area contributed by atoms with E-state index in [4.69, 9.17) is 4.42 Å². The van der Waals surface area contributed by atoms with Crippen molar-refractivity contribution in [2.45, 2.75) is 51.0 Å². The van der Waals surface area contributed by atoms with Crippen LogP contribution in [0.4, 0.5) is 5.69 Å². The van der Waals surface area contributed by atoms with Gasteiger partial charge < -0.3 is 20.4 Å². The highest BCUT2D eigenvalue weighted by Crippen LogP contribution is 2.41. The van der Waals surface area contributed by atoms with E-state index in [2.05, 4.69) is 22.0 Å². The lowest BCUT2D eigenvalue weighted by atomic mass is 9.85. The Kier molecular flexibility index (Phi) is 7.76. The summed E-state index contributed by atoms with van der Waals surface area (Å²) in [4.78, 5) is 25.8. The minimum Gasteiger partial charge on any atom is -0.468 e. The molecular weight excluding hydrogens is 448 g/mol. The molecule has 1 aliphatic carbocycles. The van der Waals surface area contributed by atoms with E-state index in [0.29, 0.717) is 33.3 Å². The number of nitrogens with zero attached hydrogens (tertiary/aromatic N) is 1. The van der Waals surface area contributed by atoms with Crippen molar-refractivity contribution in [2.24, 2.45) is 0 Å². The molecule has 176 valence electrons. The summed E-state index contributed by atoms with van der Waals surface area (Å²) in [5.74, 6) is -0.348. The molecule has 2 aliphatic rings. The normalized spacial score (nSPS) is 18.8. The molecule has 2 amide bonds. The number of allylic oxidation sites excluding steroid dienone is 2. The second kappa shape index (κ2) is 11.1. The van der Waals surface area contributed by atoms with Gasteiger partial charge in [0.1, 0.15) is 5.76 Å². The molecule has 1 saturated carbocycles. The first-order chi connectivity index (χ1) is 16.6. The number of amides is 2. The highest BCUT2D eigenvalue weighted by Gasteiger charge is 2.36. The number of nitrogens with one attached hydrogen (secondary N) is 3. The Labute approximate surface area is 203 Å². The van der Waals surface area contributed by atoms with Gasteiger partial charge in [-0.2, -0.15) is 5.26 Å². The van der Waals surface area contributed by atoms with Crippen molar-refractivity contribution in [2.75, 3.05) is 11.1 Å². The highest BCUT2D eigenvalue weighted by atomic mass is 32.2. The van der Waals surface area contributed by atoms with Crippen LogP contribution in [0, 0.1) is 11.3 Å². The van der Waals surface area contributed by atoms with Gasteiger partial charge in [0, 0.05) is 17.4 Å². The van der Waals surface area contributed by atoms with E-state index in [1.54, 1.807) is 31.2 Å². The maximum Gasteiger partial charge on any atom is 0.254 e. The molecule has 0 saturated heterocycles. The molecule has 34 heavy (non-hydrogen) atoms. The molecule has 0 radical (unpaired) electrons. The molecule has 8 heteroatoms. The van der Waals surface area contributed by atoms with Crippen molar-refractivity contribution in [3.63, 3.8) is 0 Å². The second-order valence-corrected chi connectivity index (χ2v) is 9.46. The largest absolute Gasteiger partial charge is 0.468 e. The number of hydrogen-bond donors (Lipinski definition) is 3. The van der Waals surface area contributed by atoms with Crippen molar-refractivity contribution >= 4 is 29.3 Å². The van der Waals surface area contributed by atoms with Crippen LogP contribution in [0.3, 0.4) is 0 Å². The zero-order chi connectivity index (χ0) is 23.9. The predicted molar refractivity (Wildman–Crippen MR) is 132 cm³/mol. The number of furan rings is 1. The summed E-state index contributed by atoms with van der Waals surface area (Å²) in [7, 11) is 0. The topological polar surface area (TPSA) is 107 Å². The number of thioether (sulfide) groups is 1. The lowest BCUT2D eigenvalue weighted by molar-refractivity contribution is -0.119. The Hall–Kier alpha value is -3.44. The van der Waals surface area contributed by atoms with Gasteiger partial charge in [-0.05, 0) is 44.0 Å². The fourth-order valence-corrected chi connectivity index (χ4v) is 5.34. The maximum absolute atomic E-state index is 13.3. The Morgan fingerprint density at radius 2 is 1.91 bits per heavy atom. The molecule has 1 atom stereocenters. The number of dihydropyridines is 1. The summed E-state index contributed by atoms with van der Waals surface area (Å²) < 4.78 is 5.64. The van der Waals surface area contributed by atoms with E-state index in [-0.39, 0.29) is 23.6 Å². The number of carbonyl (C=O) groups excluding carboxylic acids is 2. The number of nitriles is 1. The van der Waals surface area contributed by atoms with Crippen LogP contribution in [0.5, 0.6) is 0 Å². The van der Waals surface area contributed by atoms with Crippen LogP contribution < -0.4 is 16.0 Å². The van der Waals surface area contributed by atoms with Crippen LogP contribution in [0.15, 0.2) is 75.0 Å². The number of benzene rings is 1. The van der Waals surface area contributed by atoms with Gasteiger partial charge in [-0.15, -0.1) is 0 Å². The average Bonchev–Trinajstić information content (AvgIpc) is 3.38. The van der Waals surface area contributed by atoms with Crippen molar-refractivity contribution < 1.29 is 14.0 Å². The van der Waals surface area contributed by atoms with E-state index in [1.807, 2.05) is 18.2 Å². The second-order valence-electron chi connectivity index (χ2n) is 8.48. The maximum atomic E-state index is 13.3. The third-order valence-corrected chi connectivity index (χ3v) is 7.09. The molecule has 7 nitrogen and oxygen atoms in total. The quantitative estimate of drug-likeness (QED) is 0.530. The Bertz CT molecular complexity index is 1130. The summed E-state index contributed by atoms with van der Waals surface area (Å²) in [5.41, 5.74) is 2.04. The van der Waals surface area contributed by atoms with Gasteiger partial charge in [0.05, 0.1) is 40.2 Å². The first-order valence-electron chi connectivity index (χ1n) is 11.5. The van der Waals surface area contributed by atoms with E-state index in [1.165, 1.54) is 24.4 Å². The minimum atomic E-state index is -0.672. The zero-order valence-corrected chi connectivity index (χ0v) is 19.9. The van der Waals surface area contributed by atoms with Crippen molar-refractivity contribution in [1.82, 2.24) is 10.6 Å². The van der Waals surface area contributed by atoms with Gasteiger partial charge in [-0.1, -0.05) is 49.2 Å². The minimum absolute atomic E-state index is 0.0488. The molecule has 1 fully saturated rings. The first-order valence-corrected chi connectivity index (χ1v) is 12.5. The summed E-state index contributed by atoms with van der Waals surface area (Å²) in [5, 5.41) is 19.9. The molecule has 1 aromatic carbocycles. The predicted octanol–water partition coefficient (Wildman–Crippen LogP) is 4.80. The van der Waals surface area contributed by atoms with Crippen molar-refractivity contribution in [1.29, 1.82) is 5.26 Å². The standard InChI is InChI=1S/C26H28N4O3S/c1-17-23(25(32)30-19-11-6-3-7-12-19)24(21-13-8-14-33-21)20(15-27)26(28-17)34-16-22(31)29-18-9-4-2-5-10-18/h3,6-8,11-14,18,24,28H,2,4-5,9-10,16H2,1H3,(H,29,31)(H,30,32). The van der Waals surface area contributed by atoms with Gasteiger partial charge in [0.2, 0.25) is 5.91 Å². The zero-order valence-electron chi connectivity index (χ0n) is 19.1. The van der Waals surface area contributed by atoms with Crippen LogP contribution >= 0.6 is 11.8 Å². The van der Waals surface area contributed by atoms with Gasteiger partial charge in [0.15, 0.2) is 0 Å². The van der Waals surface area contributed by atoms with Gasteiger partial charge in [-0.25, -0.2) is 0 Å². The van der Waals surface area contributed by atoms with E-state index in [9.17, 15) is 14.9 Å². The summed E-state index contributed by atoms with van der Waals surface area (Å²) in [6.07, 6.45) is 7.08. The molecule has 1 unspecified atom stereocenters. The lowest BCUT2D eigenvalue weighted by Crippen LogP contribution is -2.37. The van der Waals surface area contributed by atoms with Crippen molar-refractivity contribution in [3.05, 3.63) is 76.4 Å². The van der Waals surface area contributed by atoms with Gasteiger partial charge in [0.25, 0.3) is 5.91 Å². The molecule has 2 heterocycles. The van der Waals surface area contributed by atoms with Crippen LogP contribution in [0.25, 0.3) is 0 Å². The average molecular weight is 477 g/mol. The molecule has 2 aromatic rings. The first kappa shape index (κ1) is 23.7. The molecule has 1 aliphatic heterocycles. The lowest BCUT2D eigenvalue weighted by Gasteiger charge is -2.28. The van der Waals surface area contributed by atoms with Crippen molar-refractivity contribution in [3.8, 4) is 6.07 Å². The Balaban J connectivity index is 1.55. The third-order valence-electron chi connectivity index (χ3n) is 6.07. The van der Waals surface area contributed by atoms with Crippen LogP contribution in [0.1, 0.15) is 50.7 Å². The Morgan fingerprint density at radius 3 is 2.59 bits per heavy atom. The molecule has 0 spiro atoms. The summed E-state index contributed by atoms with van der Waals surface area (Å²) in [6.45, 7) is 1.80. The van der Waals surface area contributed by atoms with Crippen LogP contribution in [-0.2, 0) is 9.59 Å². The van der Waals surface area contributed by atoms with E-state index >= 15 is 0 Å². The number of anilines is 1. The van der Waals surface area contributed by atoms with Crippen LogP contribution in [-0.4, -0.2) is 23.6 Å². The fourth-order valence-electron chi connectivity index (χ4n) is 4.44. The Morgan fingerprint density at radius 1 is 1.15 bits per heavy atom. The summed E-state index contributed by atoms with van der Waals surface area (Å²) >= 11 is 1.28. The fraction of sp³-hybridized carbons (Fsp3) is 0.346. The summed E-state index contributed by atoms with van der Waals surface area (Å²) in [6, 6.07) is 15.1. The van der Waals surface area contributed by atoms with E-state index in [0.717, 1.165) is 25.7 Å².